The highest BCUT2D eigenvalue weighted by Crippen LogP contribution is 2.38. The van der Waals surface area contributed by atoms with Crippen LogP contribution < -0.4 is 5.32 Å². The molecule has 1 fully saturated rings. The summed E-state index contributed by atoms with van der Waals surface area (Å²) in [4.78, 5) is 10.5. The first-order valence-corrected chi connectivity index (χ1v) is 8.75. The molecule has 3 rings (SSSR count). The highest BCUT2D eigenvalue weighted by Gasteiger charge is 2.35. The third kappa shape index (κ3) is 4.18. The minimum absolute atomic E-state index is 0.0721. The summed E-state index contributed by atoms with van der Waals surface area (Å²) in [5.41, 5.74) is 2.09. The van der Waals surface area contributed by atoms with E-state index in [4.69, 9.17) is 16.3 Å². The largest absolute Gasteiger partial charge is 0.381 e. The summed E-state index contributed by atoms with van der Waals surface area (Å²) < 4.78 is 5.55. The highest BCUT2D eigenvalue weighted by molar-refractivity contribution is 6.31. The number of non-ortho nitro benzene ring substituents is 1. The molecule has 2 aromatic carbocycles. The molecule has 0 saturated carbocycles. The Balaban J connectivity index is 1.73. The van der Waals surface area contributed by atoms with Gasteiger partial charge in [0.15, 0.2) is 0 Å². The third-order valence-corrected chi connectivity index (χ3v) is 5.14. The smallest absolute Gasteiger partial charge is 0.269 e. The summed E-state index contributed by atoms with van der Waals surface area (Å²) in [7, 11) is 0. The van der Waals surface area contributed by atoms with Crippen molar-refractivity contribution in [2.45, 2.75) is 24.8 Å². The van der Waals surface area contributed by atoms with Crippen LogP contribution in [-0.2, 0) is 16.7 Å². The van der Waals surface area contributed by atoms with E-state index in [1.807, 2.05) is 24.3 Å². The molecule has 25 heavy (non-hydrogen) atoms. The second-order valence-electron chi connectivity index (χ2n) is 6.40. The molecule has 0 radical (unpaired) electrons. The molecule has 1 saturated heterocycles. The van der Waals surface area contributed by atoms with E-state index in [1.54, 1.807) is 12.1 Å². The summed E-state index contributed by atoms with van der Waals surface area (Å²) in [6.07, 6.45) is 1.80. The summed E-state index contributed by atoms with van der Waals surface area (Å²) in [6.45, 7) is 2.75. The Bertz CT molecular complexity index is 745. The standard InChI is InChI=1S/C19H21ClN2O3/c20-18-7-2-1-6-17(18)19(8-10-25-11-9-19)14-21-13-15-4-3-5-16(12-15)22(23)24/h1-7,12,21H,8-11,13-14H2. The third-order valence-electron chi connectivity index (χ3n) is 4.81. The van der Waals surface area contributed by atoms with Crippen molar-refractivity contribution in [2.24, 2.45) is 0 Å². The fourth-order valence-corrected chi connectivity index (χ4v) is 3.76. The first-order chi connectivity index (χ1) is 12.1. The van der Waals surface area contributed by atoms with E-state index in [2.05, 4.69) is 11.4 Å². The van der Waals surface area contributed by atoms with Crippen LogP contribution >= 0.6 is 11.6 Å². The first-order valence-electron chi connectivity index (χ1n) is 8.38. The van der Waals surface area contributed by atoms with Gasteiger partial charge in [0.05, 0.1) is 4.92 Å². The van der Waals surface area contributed by atoms with Crippen molar-refractivity contribution >= 4 is 17.3 Å². The first kappa shape index (κ1) is 17.9. The summed E-state index contributed by atoms with van der Waals surface area (Å²) in [6, 6.07) is 14.7. The maximum absolute atomic E-state index is 10.9. The summed E-state index contributed by atoms with van der Waals surface area (Å²) >= 11 is 6.46. The molecule has 0 amide bonds. The van der Waals surface area contributed by atoms with Gasteiger partial charge >= 0.3 is 0 Å². The lowest BCUT2D eigenvalue weighted by Gasteiger charge is -2.38. The Morgan fingerprint density at radius 3 is 2.64 bits per heavy atom. The van der Waals surface area contributed by atoms with Gasteiger partial charge in [0, 0.05) is 48.9 Å². The van der Waals surface area contributed by atoms with Crippen molar-refractivity contribution in [3.63, 3.8) is 0 Å². The number of halogens is 1. The number of nitrogens with one attached hydrogen (secondary N) is 1. The molecule has 1 heterocycles. The van der Waals surface area contributed by atoms with Gasteiger partial charge in [0.1, 0.15) is 0 Å². The quantitative estimate of drug-likeness (QED) is 0.622. The SMILES string of the molecule is O=[N+]([O-])c1cccc(CNCC2(c3ccccc3Cl)CCOCC2)c1. The van der Waals surface area contributed by atoms with E-state index >= 15 is 0 Å². The van der Waals surface area contributed by atoms with Crippen molar-refractivity contribution in [3.05, 3.63) is 74.8 Å². The van der Waals surface area contributed by atoms with Gasteiger partial charge in [-0.15, -0.1) is 0 Å². The molecule has 132 valence electrons. The number of hydrogen-bond acceptors (Lipinski definition) is 4. The summed E-state index contributed by atoms with van der Waals surface area (Å²) in [5, 5.41) is 15.2. The lowest BCUT2D eigenvalue weighted by molar-refractivity contribution is -0.384. The number of nitro benzene ring substituents is 1. The van der Waals surface area contributed by atoms with E-state index in [0.29, 0.717) is 19.8 Å². The topological polar surface area (TPSA) is 64.4 Å². The minimum atomic E-state index is -0.368. The number of benzene rings is 2. The molecule has 0 spiro atoms. The number of nitro groups is 1. The van der Waals surface area contributed by atoms with Crippen LogP contribution in [0.15, 0.2) is 48.5 Å². The van der Waals surface area contributed by atoms with Crippen molar-refractivity contribution in [2.75, 3.05) is 19.8 Å². The predicted octanol–water partition coefficient (Wildman–Crippen LogP) is 4.09. The lowest BCUT2D eigenvalue weighted by Crippen LogP contribution is -2.42. The molecule has 0 unspecified atom stereocenters. The zero-order valence-corrected chi connectivity index (χ0v) is 14.7. The number of nitrogens with zero attached hydrogens (tertiary/aromatic N) is 1. The highest BCUT2D eigenvalue weighted by atomic mass is 35.5. The number of rotatable bonds is 6. The van der Waals surface area contributed by atoms with Crippen LogP contribution in [0.1, 0.15) is 24.0 Å². The second-order valence-corrected chi connectivity index (χ2v) is 6.81. The molecule has 1 aliphatic heterocycles. The predicted molar refractivity (Wildman–Crippen MR) is 98.0 cm³/mol. The Morgan fingerprint density at radius 2 is 1.92 bits per heavy atom. The van der Waals surface area contributed by atoms with Gasteiger partial charge in [0.25, 0.3) is 5.69 Å². The number of ether oxygens (including phenoxy) is 1. The van der Waals surface area contributed by atoms with E-state index in [0.717, 1.165) is 35.5 Å². The Kier molecular flexibility index (Phi) is 5.68. The molecule has 6 heteroatoms. The molecular weight excluding hydrogens is 340 g/mol. The maximum Gasteiger partial charge on any atom is 0.269 e. The molecule has 2 aromatic rings. The Labute approximate surface area is 152 Å². The van der Waals surface area contributed by atoms with Crippen molar-refractivity contribution < 1.29 is 9.66 Å². The van der Waals surface area contributed by atoms with Crippen LogP contribution in [-0.4, -0.2) is 24.7 Å². The van der Waals surface area contributed by atoms with E-state index in [1.165, 1.54) is 6.07 Å². The molecule has 0 aliphatic carbocycles. The van der Waals surface area contributed by atoms with Crippen molar-refractivity contribution in [3.8, 4) is 0 Å². The molecule has 0 atom stereocenters. The fourth-order valence-electron chi connectivity index (χ4n) is 3.42. The van der Waals surface area contributed by atoms with E-state index in [-0.39, 0.29) is 16.0 Å². The van der Waals surface area contributed by atoms with Gasteiger partial charge in [-0.3, -0.25) is 10.1 Å². The zero-order valence-electron chi connectivity index (χ0n) is 13.9. The van der Waals surface area contributed by atoms with Gasteiger partial charge in [-0.05, 0) is 30.0 Å². The van der Waals surface area contributed by atoms with Gasteiger partial charge in [-0.1, -0.05) is 41.9 Å². The van der Waals surface area contributed by atoms with Crippen LogP contribution in [0.3, 0.4) is 0 Å². The van der Waals surface area contributed by atoms with Crippen LogP contribution in [0.25, 0.3) is 0 Å². The van der Waals surface area contributed by atoms with Crippen LogP contribution in [0.4, 0.5) is 5.69 Å². The normalized spacial score (nSPS) is 16.5. The Morgan fingerprint density at radius 1 is 1.16 bits per heavy atom. The van der Waals surface area contributed by atoms with Gasteiger partial charge in [-0.25, -0.2) is 0 Å². The van der Waals surface area contributed by atoms with Gasteiger partial charge in [-0.2, -0.15) is 0 Å². The van der Waals surface area contributed by atoms with Crippen molar-refractivity contribution in [1.29, 1.82) is 0 Å². The summed E-state index contributed by atoms with van der Waals surface area (Å²) in [5.74, 6) is 0. The lowest BCUT2D eigenvalue weighted by atomic mass is 9.74. The van der Waals surface area contributed by atoms with Crippen LogP contribution in [0.2, 0.25) is 5.02 Å². The molecule has 0 bridgehead atoms. The van der Waals surface area contributed by atoms with Crippen molar-refractivity contribution in [1.82, 2.24) is 5.32 Å². The molecular formula is C19H21ClN2O3. The fraction of sp³-hybridized carbons (Fsp3) is 0.368. The van der Waals surface area contributed by atoms with Crippen LogP contribution in [0, 0.1) is 10.1 Å². The zero-order chi connectivity index (χ0) is 17.7. The molecule has 0 aromatic heterocycles. The monoisotopic (exact) mass is 360 g/mol. The molecule has 1 N–H and O–H groups in total. The van der Waals surface area contributed by atoms with Gasteiger partial charge < -0.3 is 10.1 Å². The van der Waals surface area contributed by atoms with Crippen LogP contribution in [0.5, 0.6) is 0 Å². The van der Waals surface area contributed by atoms with E-state index in [9.17, 15) is 10.1 Å². The Hall–Kier alpha value is -1.95. The molecule has 1 aliphatic rings. The number of hydrogen-bond donors (Lipinski definition) is 1. The maximum atomic E-state index is 10.9. The van der Waals surface area contributed by atoms with Gasteiger partial charge in [0.2, 0.25) is 0 Å². The molecule has 5 nitrogen and oxygen atoms in total. The average molecular weight is 361 g/mol. The second kappa shape index (κ2) is 7.95. The van der Waals surface area contributed by atoms with E-state index < -0.39 is 0 Å². The minimum Gasteiger partial charge on any atom is -0.381 e. The average Bonchev–Trinajstić information content (AvgIpc) is 2.63.